The van der Waals surface area contributed by atoms with Gasteiger partial charge in [-0.3, -0.25) is 0 Å². The third-order valence-corrected chi connectivity index (χ3v) is 4.35. The number of alkyl halides is 1. The summed E-state index contributed by atoms with van der Waals surface area (Å²) in [6, 6.07) is 0. The van der Waals surface area contributed by atoms with Crippen molar-refractivity contribution in [2.24, 2.45) is 10.8 Å². The summed E-state index contributed by atoms with van der Waals surface area (Å²) in [5.41, 5.74) is 1.07. The summed E-state index contributed by atoms with van der Waals surface area (Å²) in [6.45, 7) is 8.52. The first-order valence-electron chi connectivity index (χ1n) is 4.72. The minimum atomic E-state index is 0.530. The summed E-state index contributed by atoms with van der Waals surface area (Å²) < 4.78 is 5.38. The lowest BCUT2D eigenvalue weighted by molar-refractivity contribution is 0.126. The fourth-order valence-corrected chi connectivity index (χ4v) is 3.17. The second-order valence-corrected chi connectivity index (χ2v) is 4.98. The highest BCUT2D eigenvalue weighted by Crippen LogP contribution is 2.66. The molecule has 1 unspecified atom stereocenters. The van der Waals surface area contributed by atoms with E-state index in [2.05, 4.69) is 36.7 Å². The van der Waals surface area contributed by atoms with E-state index < -0.39 is 0 Å². The van der Waals surface area contributed by atoms with Gasteiger partial charge in [0.1, 0.15) is 0 Å². The molecule has 1 nitrogen and oxygen atoms in total. The predicted molar refractivity (Wildman–Crippen MR) is 55.7 cm³/mol. The van der Waals surface area contributed by atoms with Gasteiger partial charge in [-0.05, 0) is 30.6 Å². The van der Waals surface area contributed by atoms with Gasteiger partial charge in [0.15, 0.2) is 0 Å². The van der Waals surface area contributed by atoms with Gasteiger partial charge in [-0.25, -0.2) is 0 Å². The molecular weight excluding hydrogens is 216 g/mol. The molecule has 0 spiro atoms. The zero-order valence-corrected chi connectivity index (χ0v) is 9.91. The van der Waals surface area contributed by atoms with Gasteiger partial charge < -0.3 is 4.74 Å². The number of halogens is 1. The Morgan fingerprint density at radius 3 is 2.33 bits per heavy atom. The van der Waals surface area contributed by atoms with Crippen molar-refractivity contribution in [3.63, 3.8) is 0 Å². The van der Waals surface area contributed by atoms with E-state index in [-0.39, 0.29) is 0 Å². The zero-order chi connectivity index (χ0) is 9.24. The van der Waals surface area contributed by atoms with Crippen LogP contribution in [0.4, 0.5) is 0 Å². The standard InChI is InChI=1S/C10H19BrO/c1-4-12-6-5-10(8-11)7-9(10,2)3/h4-8H2,1-3H3. The minimum Gasteiger partial charge on any atom is -0.382 e. The van der Waals surface area contributed by atoms with Crippen molar-refractivity contribution in [2.75, 3.05) is 18.5 Å². The van der Waals surface area contributed by atoms with Crippen LogP contribution in [0.25, 0.3) is 0 Å². The third kappa shape index (κ3) is 1.85. The maximum absolute atomic E-state index is 5.38. The summed E-state index contributed by atoms with van der Waals surface area (Å²) in [5, 5.41) is 1.13. The van der Waals surface area contributed by atoms with E-state index in [1.165, 1.54) is 12.8 Å². The number of ether oxygens (including phenoxy) is 1. The van der Waals surface area contributed by atoms with E-state index in [1.54, 1.807) is 0 Å². The van der Waals surface area contributed by atoms with Crippen molar-refractivity contribution < 1.29 is 4.74 Å². The Bertz CT molecular complexity index is 156. The molecule has 0 radical (unpaired) electrons. The Morgan fingerprint density at radius 1 is 1.42 bits per heavy atom. The predicted octanol–water partition coefficient (Wildman–Crippen LogP) is 3.22. The van der Waals surface area contributed by atoms with Gasteiger partial charge in [-0.2, -0.15) is 0 Å². The molecule has 12 heavy (non-hydrogen) atoms. The normalized spacial score (nSPS) is 32.0. The van der Waals surface area contributed by atoms with Crippen LogP contribution in [0.15, 0.2) is 0 Å². The van der Waals surface area contributed by atoms with Gasteiger partial charge in [0.05, 0.1) is 0 Å². The van der Waals surface area contributed by atoms with Crippen molar-refractivity contribution in [1.29, 1.82) is 0 Å². The quantitative estimate of drug-likeness (QED) is 0.525. The molecule has 2 heteroatoms. The number of hydrogen-bond acceptors (Lipinski definition) is 1. The molecule has 1 aliphatic rings. The Hall–Kier alpha value is 0.440. The fourth-order valence-electron chi connectivity index (χ4n) is 1.94. The van der Waals surface area contributed by atoms with Gasteiger partial charge >= 0.3 is 0 Å². The lowest BCUT2D eigenvalue weighted by atomic mass is 9.95. The Balaban J connectivity index is 2.30. The first kappa shape index (κ1) is 10.5. The molecule has 0 saturated heterocycles. The maximum Gasteiger partial charge on any atom is 0.0471 e. The van der Waals surface area contributed by atoms with Crippen molar-refractivity contribution in [1.82, 2.24) is 0 Å². The van der Waals surface area contributed by atoms with Gasteiger partial charge in [0, 0.05) is 18.5 Å². The monoisotopic (exact) mass is 234 g/mol. The van der Waals surface area contributed by atoms with Crippen LogP contribution in [0.2, 0.25) is 0 Å². The van der Waals surface area contributed by atoms with Crippen LogP contribution in [0.1, 0.15) is 33.6 Å². The van der Waals surface area contributed by atoms with Crippen LogP contribution in [-0.2, 0) is 4.74 Å². The topological polar surface area (TPSA) is 9.23 Å². The van der Waals surface area contributed by atoms with Gasteiger partial charge in [0.25, 0.3) is 0 Å². The molecule has 0 bridgehead atoms. The third-order valence-electron chi connectivity index (χ3n) is 3.28. The summed E-state index contributed by atoms with van der Waals surface area (Å²) >= 11 is 3.61. The Morgan fingerprint density at radius 2 is 2.00 bits per heavy atom. The maximum atomic E-state index is 5.38. The van der Waals surface area contributed by atoms with Crippen LogP contribution < -0.4 is 0 Å². The molecular formula is C10H19BrO. The van der Waals surface area contributed by atoms with Crippen molar-refractivity contribution in [3.8, 4) is 0 Å². The highest BCUT2D eigenvalue weighted by atomic mass is 79.9. The van der Waals surface area contributed by atoms with E-state index in [4.69, 9.17) is 4.74 Å². The Labute approximate surface area is 84.0 Å². The van der Waals surface area contributed by atoms with Crippen LogP contribution in [-0.4, -0.2) is 18.5 Å². The Kier molecular flexibility index (Phi) is 3.21. The minimum absolute atomic E-state index is 0.530. The SMILES string of the molecule is CCOCCC1(CBr)CC1(C)C. The second kappa shape index (κ2) is 3.67. The van der Waals surface area contributed by atoms with Crippen molar-refractivity contribution in [2.45, 2.75) is 33.6 Å². The van der Waals surface area contributed by atoms with E-state index in [9.17, 15) is 0 Å². The summed E-state index contributed by atoms with van der Waals surface area (Å²) in [4.78, 5) is 0. The molecule has 0 aliphatic heterocycles. The van der Waals surface area contributed by atoms with Crippen molar-refractivity contribution >= 4 is 15.9 Å². The molecule has 1 aliphatic carbocycles. The molecule has 0 amide bonds. The molecule has 0 aromatic carbocycles. The molecule has 0 N–H and O–H groups in total. The summed E-state index contributed by atoms with van der Waals surface area (Å²) in [6.07, 6.45) is 2.55. The van der Waals surface area contributed by atoms with Gasteiger partial charge in [-0.1, -0.05) is 29.8 Å². The van der Waals surface area contributed by atoms with E-state index in [1.807, 2.05) is 0 Å². The summed E-state index contributed by atoms with van der Waals surface area (Å²) in [7, 11) is 0. The smallest absolute Gasteiger partial charge is 0.0471 e. The summed E-state index contributed by atoms with van der Waals surface area (Å²) in [5.74, 6) is 0. The van der Waals surface area contributed by atoms with Crippen LogP contribution >= 0.6 is 15.9 Å². The zero-order valence-electron chi connectivity index (χ0n) is 8.32. The molecule has 1 saturated carbocycles. The average Bonchev–Trinajstić information content (AvgIpc) is 2.55. The fraction of sp³-hybridized carbons (Fsp3) is 1.00. The van der Waals surface area contributed by atoms with E-state index in [0.29, 0.717) is 10.8 Å². The lowest BCUT2D eigenvalue weighted by Crippen LogP contribution is -2.13. The van der Waals surface area contributed by atoms with Crippen LogP contribution in [0.5, 0.6) is 0 Å². The van der Waals surface area contributed by atoms with Gasteiger partial charge in [-0.15, -0.1) is 0 Å². The van der Waals surface area contributed by atoms with Crippen LogP contribution in [0.3, 0.4) is 0 Å². The average molecular weight is 235 g/mol. The van der Waals surface area contributed by atoms with E-state index >= 15 is 0 Å². The molecule has 1 fully saturated rings. The first-order chi connectivity index (χ1) is 5.58. The highest BCUT2D eigenvalue weighted by molar-refractivity contribution is 9.09. The van der Waals surface area contributed by atoms with E-state index in [0.717, 1.165) is 18.5 Å². The molecule has 1 atom stereocenters. The number of hydrogen-bond donors (Lipinski definition) is 0. The van der Waals surface area contributed by atoms with Gasteiger partial charge in [0.2, 0.25) is 0 Å². The first-order valence-corrected chi connectivity index (χ1v) is 5.84. The number of rotatable bonds is 5. The second-order valence-electron chi connectivity index (χ2n) is 4.42. The molecule has 1 rings (SSSR count). The molecule has 0 aromatic heterocycles. The lowest BCUT2D eigenvalue weighted by Gasteiger charge is -2.17. The highest BCUT2D eigenvalue weighted by Gasteiger charge is 2.59. The largest absolute Gasteiger partial charge is 0.382 e. The molecule has 0 aromatic rings. The molecule has 0 heterocycles. The molecule has 72 valence electrons. The van der Waals surface area contributed by atoms with Crippen LogP contribution in [0, 0.1) is 10.8 Å². The van der Waals surface area contributed by atoms with Crippen molar-refractivity contribution in [3.05, 3.63) is 0 Å².